The monoisotopic (exact) mass is 313 g/mol. The summed E-state index contributed by atoms with van der Waals surface area (Å²) < 4.78 is 1.97. The van der Waals surface area contributed by atoms with Crippen LogP contribution in [-0.2, 0) is 19.4 Å². The van der Waals surface area contributed by atoms with E-state index in [1.165, 1.54) is 28.8 Å². The van der Waals surface area contributed by atoms with Crippen LogP contribution in [0.4, 0.5) is 0 Å². The fourth-order valence-corrected chi connectivity index (χ4v) is 3.67. The number of rotatable bonds is 6. The van der Waals surface area contributed by atoms with Gasteiger partial charge in [-0.05, 0) is 45.1 Å². The first kappa shape index (κ1) is 16.2. The lowest BCUT2D eigenvalue weighted by Gasteiger charge is -2.27. The van der Waals surface area contributed by atoms with Gasteiger partial charge in [-0.2, -0.15) is 5.10 Å². The van der Waals surface area contributed by atoms with Crippen molar-refractivity contribution in [3.63, 3.8) is 0 Å². The fraction of sp³-hybridized carbons (Fsp3) is 0.526. The van der Waals surface area contributed by atoms with Gasteiger partial charge in [0.2, 0.25) is 0 Å². The number of benzene rings is 1. The number of aromatic nitrogens is 2. The van der Waals surface area contributed by atoms with E-state index < -0.39 is 0 Å². The molecule has 1 aliphatic rings. The zero-order chi connectivity index (χ0) is 16.2. The standard InChI is InChI=1S/C19H27N3O/c1-14-5-3-6-16(11-14)12-15(2)21-18-7-4-8-19-17(18)13-20-22(19)9-10-23/h3,5-6,11,13,15,18,21,23H,4,7-10,12H2,1-2H3. The van der Waals surface area contributed by atoms with Crippen LogP contribution in [0.15, 0.2) is 30.5 Å². The number of fused-ring (bicyclic) bond motifs is 1. The Hall–Kier alpha value is -1.65. The molecule has 2 N–H and O–H groups in total. The van der Waals surface area contributed by atoms with Crippen LogP contribution in [0.25, 0.3) is 0 Å². The molecule has 2 unspecified atom stereocenters. The molecule has 0 radical (unpaired) electrons. The third kappa shape index (κ3) is 3.82. The number of hydrogen-bond acceptors (Lipinski definition) is 3. The van der Waals surface area contributed by atoms with E-state index in [4.69, 9.17) is 5.11 Å². The number of aliphatic hydroxyl groups excluding tert-OH is 1. The lowest BCUT2D eigenvalue weighted by molar-refractivity contribution is 0.266. The highest BCUT2D eigenvalue weighted by Gasteiger charge is 2.25. The molecule has 0 aliphatic heterocycles. The van der Waals surface area contributed by atoms with Crippen LogP contribution in [-0.4, -0.2) is 27.5 Å². The Kier molecular flexibility index (Phi) is 5.13. The molecule has 0 saturated heterocycles. The molecule has 0 bridgehead atoms. The molecule has 0 spiro atoms. The zero-order valence-electron chi connectivity index (χ0n) is 14.1. The second kappa shape index (κ2) is 7.28. The first-order valence-corrected chi connectivity index (χ1v) is 8.64. The van der Waals surface area contributed by atoms with E-state index in [-0.39, 0.29) is 6.61 Å². The Morgan fingerprint density at radius 1 is 1.43 bits per heavy atom. The second-order valence-corrected chi connectivity index (χ2v) is 6.70. The van der Waals surface area contributed by atoms with Gasteiger partial charge in [-0.3, -0.25) is 4.68 Å². The minimum absolute atomic E-state index is 0.149. The first-order valence-electron chi connectivity index (χ1n) is 8.64. The highest BCUT2D eigenvalue weighted by molar-refractivity contribution is 5.26. The molecule has 1 aromatic heterocycles. The van der Waals surface area contributed by atoms with Crippen LogP contribution < -0.4 is 5.32 Å². The van der Waals surface area contributed by atoms with Gasteiger partial charge in [0.15, 0.2) is 0 Å². The summed E-state index contributed by atoms with van der Waals surface area (Å²) in [7, 11) is 0. The summed E-state index contributed by atoms with van der Waals surface area (Å²) in [5.41, 5.74) is 5.32. The van der Waals surface area contributed by atoms with Gasteiger partial charge in [0.05, 0.1) is 19.3 Å². The summed E-state index contributed by atoms with van der Waals surface area (Å²) in [6.45, 7) is 5.15. The average Bonchev–Trinajstić information content (AvgIpc) is 2.92. The topological polar surface area (TPSA) is 50.1 Å². The largest absolute Gasteiger partial charge is 0.394 e. The SMILES string of the molecule is Cc1cccc(CC(C)NC2CCCc3c2cnn3CCO)c1. The van der Waals surface area contributed by atoms with Crippen LogP contribution >= 0.6 is 0 Å². The maximum Gasteiger partial charge on any atom is 0.0644 e. The van der Waals surface area contributed by atoms with Crippen molar-refractivity contribution in [1.29, 1.82) is 0 Å². The van der Waals surface area contributed by atoms with Crippen LogP contribution in [0.2, 0.25) is 0 Å². The molecule has 0 saturated carbocycles. The Morgan fingerprint density at radius 2 is 2.30 bits per heavy atom. The first-order chi connectivity index (χ1) is 11.2. The number of aryl methyl sites for hydroxylation is 1. The molecule has 1 aliphatic carbocycles. The fourth-order valence-electron chi connectivity index (χ4n) is 3.67. The van der Waals surface area contributed by atoms with Gasteiger partial charge in [0.1, 0.15) is 0 Å². The van der Waals surface area contributed by atoms with Crippen molar-refractivity contribution in [2.24, 2.45) is 0 Å². The molecule has 4 nitrogen and oxygen atoms in total. The molecule has 2 aromatic rings. The molecule has 4 heteroatoms. The summed E-state index contributed by atoms with van der Waals surface area (Å²) in [5.74, 6) is 0. The van der Waals surface area contributed by atoms with Gasteiger partial charge in [-0.25, -0.2) is 0 Å². The molecule has 0 fully saturated rings. The second-order valence-electron chi connectivity index (χ2n) is 6.70. The number of nitrogens with zero attached hydrogens (tertiary/aromatic N) is 2. The highest BCUT2D eigenvalue weighted by atomic mass is 16.3. The van der Waals surface area contributed by atoms with Gasteiger partial charge < -0.3 is 10.4 Å². The molecule has 124 valence electrons. The third-order valence-electron chi connectivity index (χ3n) is 4.68. The van der Waals surface area contributed by atoms with E-state index in [1.54, 1.807) is 0 Å². The van der Waals surface area contributed by atoms with Crippen molar-refractivity contribution in [3.05, 3.63) is 52.8 Å². The van der Waals surface area contributed by atoms with Crippen LogP contribution in [0.1, 0.15) is 48.2 Å². The predicted octanol–water partition coefficient (Wildman–Crippen LogP) is 2.78. The highest BCUT2D eigenvalue weighted by Crippen LogP contribution is 2.30. The Morgan fingerprint density at radius 3 is 3.09 bits per heavy atom. The molecule has 1 aromatic carbocycles. The summed E-state index contributed by atoms with van der Waals surface area (Å²) in [6.07, 6.45) is 6.44. The lowest BCUT2D eigenvalue weighted by Crippen LogP contribution is -2.34. The number of aliphatic hydroxyl groups is 1. The predicted molar refractivity (Wildman–Crippen MR) is 92.5 cm³/mol. The third-order valence-corrected chi connectivity index (χ3v) is 4.68. The maximum atomic E-state index is 9.16. The van der Waals surface area contributed by atoms with Crippen molar-refractivity contribution in [3.8, 4) is 0 Å². The van der Waals surface area contributed by atoms with E-state index in [0.717, 1.165) is 19.3 Å². The van der Waals surface area contributed by atoms with Gasteiger partial charge in [0.25, 0.3) is 0 Å². The van der Waals surface area contributed by atoms with Crippen molar-refractivity contribution >= 4 is 0 Å². The number of hydrogen-bond donors (Lipinski definition) is 2. The van der Waals surface area contributed by atoms with Crippen LogP contribution in [0, 0.1) is 6.92 Å². The molecular weight excluding hydrogens is 286 g/mol. The molecule has 0 amide bonds. The average molecular weight is 313 g/mol. The molecule has 23 heavy (non-hydrogen) atoms. The summed E-state index contributed by atoms with van der Waals surface area (Å²) in [6, 6.07) is 9.56. The van der Waals surface area contributed by atoms with Gasteiger partial charge in [-0.1, -0.05) is 29.8 Å². The molecule has 1 heterocycles. The van der Waals surface area contributed by atoms with E-state index in [2.05, 4.69) is 48.5 Å². The van der Waals surface area contributed by atoms with Gasteiger partial charge in [-0.15, -0.1) is 0 Å². The zero-order valence-corrected chi connectivity index (χ0v) is 14.1. The van der Waals surface area contributed by atoms with Crippen molar-refractivity contribution in [1.82, 2.24) is 15.1 Å². The van der Waals surface area contributed by atoms with Crippen molar-refractivity contribution in [2.45, 2.75) is 58.2 Å². The van der Waals surface area contributed by atoms with Crippen LogP contribution in [0.5, 0.6) is 0 Å². The molecular formula is C19H27N3O. The maximum absolute atomic E-state index is 9.16. The quantitative estimate of drug-likeness (QED) is 0.862. The molecule has 2 atom stereocenters. The van der Waals surface area contributed by atoms with E-state index in [0.29, 0.717) is 18.6 Å². The van der Waals surface area contributed by atoms with Crippen molar-refractivity contribution < 1.29 is 5.11 Å². The van der Waals surface area contributed by atoms with Gasteiger partial charge >= 0.3 is 0 Å². The summed E-state index contributed by atoms with van der Waals surface area (Å²) in [5, 5.41) is 17.4. The summed E-state index contributed by atoms with van der Waals surface area (Å²) >= 11 is 0. The molecule has 3 rings (SSSR count). The number of nitrogens with one attached hydrogen (secondary N) is 1. The van der Waals surface area contributed by atoms with E-state index in [1.807, 2.05) is 10.9 Å². The smallest absolute Gasteiger partial charge is 0.0644 e. The Balaban J connectivity index is 1.67. The normalized spacial score (nSPS) is 18.7. The Labute approximate surface area is 138 Å². The Bertz CT molecular complexity index is 650. The van der Waals surface area contributed by atoms with E-state index >= 15 is 0 Å². The summed E-state index contributed by atoms with van der Waals surface area (Å²) in [4.78, 5) is 0. The van der Waals surface area contributed by atoms with Crippen LogP contribution in [0.3, 0.4) is 0 Å². The lowest BCUT2D eigenvalue weighted by atomic mass is 9.92. The minimum atomic E-state index is 0.149. The minimum Gasteiger partial charge on any atom is -0.394 e. The van der Waals surface area contributed by atoms with Gasteiger partial charge in [0, 0.05) is 23.3 Å². The van der Waals surface area contributed by atoms with E-state index in [9.17, 15) is 0 Å². The van der Waals surface area contributed by atoms with Crippen molar-refractivity contribution in [2.75, 3.05) is 6.61 Å².